The quantitative estimate of drug-likeness (QED) is 0.813. The Kier molecular flexibility index (Phi) is 3.54. The van der Waals surface area contributed by atoms with Crippen LogP contribution in [0.2, 0.25) is 0 Å². The summed E-state index contributed by atoms with van der Waals surface area (Å²) in [6.07, 6.45) is 0.0158. The normalized spacial score (nSPS) is 19.6. The minimum Gasteiger partial charge on any atom is -0.342 e. The van der Waals surface area contributed by atoms with Crippen molar-refractivity contribution in [3.05, 3.63) is 29.8 Å². The second-order valence-corrected chi connectivity index (χ2v) is 5.47. The van der Waals surface area contributed by atoms with Crippen molar-refractivity contribution in [3.8, 4) is 0 Å². The van der Waals surface area contributed by atoms with Crippen LogP contribution in [-0.4, -0.2) is 38.3 Å². The molecule has 8 heteroatoms. The number of carbonyl (C=O) groups excluding carboxylic acids is 1. The van der Waals surface area contributed by atoms with Gasteiger partial charge >= 0.3 is 6.18 Å². The molecule has 0 saturated carbocycles. The number of rotatable bonds is 1. The number of fused-ring (bicyclic) bond motifs is 1. The van der Waals surface area contributed by atoms with Crippen LogP contribution in [0, 0.1) is 0 Å². The first-order valence-electron chi connectivity index (χ1n) is 7.03. The van der Waals surface area contributed by atoms with Crippen LogP contribution in [0.5, 0.6) is 0 Å². The van der Waals surface area contributed by atoms with E-state index in [1.807, 2.05) is 0 Å². The topological polar surface area (TPSA) is 50.5 Å². The number of imidazole rings is 1. The lowest BCUT2D eigenvalue weighted by molar-refractivity contribution is -0.141. The average molecular weight is 312 g/mol. The summed E-state index contributed by atoms with van der Waals surface area (Å²) in [5.74, 6) is -0.181. The molecule has 0 bridgehead atoms. The van der Waals surface area contributed by atoms with Gasteiger partial charge in [0.25, 0.3) is 0 Å². The van der Waals surface area contributed by atoms with Crippen molar-refractivity contribution in [1.29, 1.82) is 0 Å². The van der Waals surface area contributed by atoms with Crippen LogP contribution in [0.15, 0.2) is 18.5 Å². The minimum atomic E-state index is -4.52. The monoisotopic (exact) mass is 312 g/mol. The number of aromatic nitrogens is 3. The highest BCUT2D eigenvalue weighted by Crippen LogP contribution is 2.33. The van der Waals surface area contributed by atoms with Crippen molar-refractivity contribution in [2.24, 2.45) is 0 Å². The van der Waals surface area contributed by atoms with Crippen molar-refractivity contribution in [2.45, 2.75) is 31.9 Å². The number of likely N-dealkylation sites (tertiary alicyclic amines) is 1. The number of hydrogen-bond acceptors (Lipinski definition) is 3. The lowest BCUT2D eigenvalue weighted by atomic mass is 9.94. The molecular weight excluding hydrogens is 297 g/mol. The van der Waals surface area contributed by atoms with E-state index in [-0.39, 0.29) is 17.6 Å². The van der Waals surface area contributed by atoms with Crippen LogP contribution in [0.4, 0.5) is 13.2 Å². The Morgan fingerprint density at radius 3 is 2.86 bits per heavy atom. The molecule has 3 heterocycles. The summed E-state index contributed by atoms with van der Waals surface area (Å²) in [6.45, 7) is 2.54. The molecule has 1 aliphatic rings. The van der Waals surface area contributed by atoms with Crippen LogP contribution >= 0.6 is 0 Å². The molecule has 2 aromatic rings. The molecule has 1 saturated heterocycles. The van der Waals surface area contributed by atoms with Crippen molar-refractivity contribution < 1.29 is 18.0 Å². The molecular formula is C14H15F3N4O. The van der Waals surface area contributed by atoms with Crippen molar-refractivity contribution in [2.75, 3.05) is 13.1 Å². The van der Waals surface area contributed by atoms with Crippen LogP contribution in [-0.2, 0) is 11.0 Å². The molecule has 0 aliphatic carbocycles. The summed E-state index contributed by atoms with van der Waals surface area (Å²) < 4.78 is 40.6. The molecule has 0 N–H and O–H groups in total. The zero-order chi connectivity index (χ0) is 15.9. The molecule has 0 aromatic carbocycles. The second-order valence-electron chi connectivity index (χ2n) is 5.47. The van der Waals surface area contributed by atoms with Gasteiger partial charge in [0.2, 0.25) is 11.7 Å². The summed E-state index contributed by atoms with van der Waals surface area (Å²) in [5.41, 5.74) is -0.443. The highest BCUT2D eigenvalue weighted by molar-refractivity contribution is 5.73. The molecule has 118 valence electrons. The van der Waals surface area contributed by atoms with Crippen LogP contribution in [0.1, 0.15) is 37.1 Å². The Balaban J connectivity index is 2.05. The van der Waals surface area contributed by atoms with Crippen LogP contribution in [0.25, 0.3) is 5.78 Å². The van der Waals surface area contributed by atoms with Gasteiger partial charge in [-0.15, -0.1) is 0 Å². The van der Waals surface area contributed by atoms with E-state index in [4.69, 9.17) is 0 Å². The average Bonchev–Trinajstić information content (AvgIpc) is 2.93. The van der Waals surface area contributed by atoms with E-state index in [1.165, 1.54) is 13.1 Å². The SMILES string of the molecule is CC(=O)N1CCC[C@H](c2cc(C(F)(F)F)nc3nccn23)C1. The van der Waals surface area contributed by atoms with Gasteiger partial charge in [-0.1, -0.05) is 0 Å². The molecule has 5 nitrogen and oxygen atoms in total. The molecule has 22 heavy (non-hydrogen) atoms. The largest absolute Gasteiger partial charge is 0.433 e. The molecule has 2 aromatic heterocycles. The van der Waals surface area contributed by atoms with Gasteiger partial charge in [0.15, 0.2) is 0 Å². The fourth-order valence-corrected chi connectivity index (χ4v) is 2.89. The van der Waals surface area contributed by atoms with E-state index in [2.05, 4.69) is 9.97 Å². The summed E-state index contributed by atoms with van der Waals surface area (Å²) >= 11 is 0. The standard InChI is InChI=1S/C14H15F3N4O/c1-9(22)20-5-2-3-10(8-20)11-7-12(14(15,16)17)19-13-18-4-6-21(11)13/h4,6-7,10H,2-3,5,8H2,1H3/t10-/m0/s1. The van der Waals surface area contributed by atoms with Gasteiger partial charge in [0.05, 0.1) is 0 Å². The van der Waals surface area contributed by atoms with Crippen LogP contribution in [0.3, 0.4) is 0 Å². The van der Waals surface area contributed by atoms with Gasteiger partial charge in [-0.3, -0.25) is 9.20 Å². The minimum absolute atomic E-state index is 0.0322. The first kappa shape index (κ1) is 14.8. The van der Waals surface area contributed by atoms with Gasteiger partial charge < -0.3 is 4.90 Å². The first-order chi connectivity index (χ1) is 10.4. The Hall–Kier alpha value is -2.12. The molecule has 1 fully saturated rings. The van der Waals surface area contributed by atoms with E-state index in [0.717, 1.165) is 18.9 Å². The smallest absolute Gasteiger partial charge is 0.342 e. The predicted octanol–water partition coefficient (Wildman–Crippen LogP) is 2.47. The summed E-state index contributed by atoms with van der Waals surface area (Å²) in [5, 5.41) is 0. The Bertz CT molecular complexity index is 710. The highest BCUT2D eigenvalue weighted by atomic mass is 19.4. The van der Waals surface area contributed by atoms with Gasteiger partial charge in [0.1, 0.15) is 5.69 Å². The maximum atomic E-state index is 13.0. The van der Waals surface area contributed by atoms with Crippen LogP contribution < -0.4 is 0 Å². The molecule has 3 rings (SSSR count). The zero-order valence-corrected chi connectivity index (χ0v) is 12.0. The number of hydrogen-bond donors (Lipinski definition) is 0. The van der Waals surface area contributed by atoms with E-state index in [0.29, 0.717) is 18.8 Å². The number of halogens is 3. The van der Waals surface area contributed by atoms with Crippen molar-refractivity contribution in [1.82, 2.24) is 19.3 Å². The van der Waals surface area contributed by atoms with Crippen molar-refractivity contribution >= 4 is 11.7 Å². The molecule has 1 amide bonds. The molecule has 0 unspecified atom stereocenters. The van der Waals surface area contributed by atoms with E-state index in [9.17, 15) is 18.0 Å². The van der Waals surface area contributed by atoms with Gasteiger partial charge in [-0.25, -0.2) is 9.97 Å². The predicted molar refractivity (Wildman–Crippen MR) is 72.2 cm³/mol. The number of alkyl halides is 3. The lowest BCUT2D eigenvalue weighted by Gasteiger charge is -2.32. The molecule has 1 aliphatic heterocycles. The second kappa shape index (κ2) is 5.26. The highest BCUT2D eigenvalue weighted by Gasteiger charge is 2.35. The fraction of sp³-hybridized carbons (Fsp3) is 0.500. The number of piperidine rings is 1. The van der Waals surface area contributed by atoms with Gasteiger partial charge in [-0.05, 0) is 18.9 Å². The third-order valence-electron chi connectivity index (χ3n) is 3.98. The summed E-state index contributed by atoms with van der Waals surface area (Å²) in [6, 6.07) is 1.07. The first-order valence-corrected chi connectivity index (χ1v) is 7.03. The van der Waals surface area contributed by atoms with E-state index >= 15 is 0 Å². The molecule has 1 atom stereocenters. The number of amides is 1. The van der Waals surface area contributed by atoms with E-state index < -0.39 is 11.9 Å². The maximum absolute atomic E-state index is 13.0. The Labute approximate surface area is 124 Å². The zero-order valence-electron chi connectivity index (χ0n) is 12.0. The number of carbonyl (C=O) groups is 1. The lowest BCUT2D eigenvalue weighted by Crippen LogP contribution is -2.38. The van der Waals surface area contributed by atoms with Crippen molar-refractivity contribution in [3.63, 3.8) is 0 Å². The Morgan fingerprint density at radius 2 is 2.18 bits per heavy atom. The molecule has 0 radical (unpaired) electrons. The third kappa shape index (κ3) is 2.65. The van der Waals surface area contributed by atoms with Gasteiger partial charge in [-0.2, -0.15) is 13.2 Å². The Morgan fingerprint density at radius 1 is 1.41 bits per heavy atom. The fourth-order valence-electron chi connectivity index (χ4n) is 2.89. The summed E-state index contributed by atoms with van der Waals surface area (Å²) in [4.78, 5) is 20.6. The number of nitrogens with zero attached hydrogens (tertiary/aromatic N) is 4. The maximum Gasteiger partial charge on any atom is 0.433 e. The third-order valence-corrected chi connectivity index (χ3v) is 3.98. The summed E-state index contributed by atoms with van der Waals surface area (Å²) in [7, 11) is 0. The van der Waals surface area contributed by atoms with Gasteiger partial charge in [0, 0.05) is 44.0 Å². The van der Waals surface area contributed by atoms with E-state index in [1.54, 1.807) is 15.5 Å². The molecule has 0 spiro atoms.